The Kier molecular flexibility index (Phi) is 6.45. The molecular formula is C11H20N2O5. The molecule has 7 nitrogen and oxygen atoms in total. The summed E-state index contributed by atoms with van der Waals surface area (Å²) in [6.07, 6.45) is 3.02. The first-order valence-corrected chi connectivity index (χ1v) is 6.13. The molecule has 1 aliphatic heterocycles. The Morgan fingerprint density at radius 2 is 2.17 bits per heavy atom. The van der Waals surface area contributed by atoms with Crippen LogP contribution in [0.4, 0.5) is 4.79 Å². The summed E-state index contributed by atoms with van der Waals surface area (Å²) < 4.78 is 5.43. The molecule has 2 amide bonds. The molecule has 1 heterocycles. The van der Waals surface area contributed by atoms with Crippen LogP contribution in [0.1, 0.15) is 25.7 Å². The minimum Gasteiger partial charge on any atom is -0.480 e. The number of hydrogen-bond acceptors (Lipinski definition) is 4. The third-order valence-electron chi connectivity index (χ3n) is 2.79. The van der Waals surface area contributed by atoms with Crippen molar-refractivity contribution in [1.82, 2.24) is 10.6 Å². The number of nitrogens with one attached hydrogen (secondary N) is 2. The van der Waals surface area contributed by atoms with E-state index in [-0.39, 0.29) is 19.1 Å². The molecule has 0 bridgehead atoms. The van der Waals surface area contributed by atoms with Crippen LogP contribution in [0.3, 0.4) is 0 Å². The summed E-state index contributed by atoms with van der Waals surface area (Å²) in [5, 5.41) is 22.3. The predicted octanol–water partition coefficient (Wildman–Crippen LogP) is -0.310. The smallest absolute Gasteiger partial charge is 0.326 e. The third kappa shape index (κ3) is 5.33. The lowest BCUT2D eigenvalue weighted by Crippen LogP contribution is -2.48. The van der Waals surface area contributed by atoms with Gasteiger partial charge in [0.2, 0.25) is 0 Å². The number of hydrogen-bond donors (Lipinski definition) is 4. The average molecular weight is 260 g/mol. The molecule has 1 aliphatic rings. The Bertz CT molecular complexity index is 279. The molecule has 4 N–H and O–H groups in total. The summed E-state index contributed by atoms with van der Waals surface area (Å²) in [5.74, 6) is -1.16. The van der Waals surface area contributed by atoms with Crippen LogP contribution in [-0.4, -0.2) is 54.1 Å². The number of aliphatic hydroxyl groups excluding tert-OH is 1. The first kappa shape index (κ1) is 14.7. The van der Waals surface area contributed by atoms with Crippen molar-refractivity contribution < 1.29 is 24.5 Å². The van der Waals surface area contributed by atoms with E-state index in [2.05, 4.69) is 10.6 Å². The molecule has 1 saturated heterocycles. The molecule has 0 aromatic rings. The van der Waals surface area contributed by atoms with Crippen LogP contribution in [0.5, 0.6) is 0 Å². The molecule has 0 aliphatic carbocycles. The molecule has 1 rings (SSSR count). The van der Waals surface area contributed by atoms with Crippen LogP contribution in [0.15, 0.2) is 0 Å². The van der Waals surface area contributed by atoms with E-state index in [0.29, 0.717) is 13.2 Å². The second-order valence-corrected chi connectivity index (χ2v) is 4.25. The van der Waals surface area contributed by atoms with Crippen LogP contribution in [-0.2, 0) is 9.53 Å². The van der Waals surface area contributed by atoms with Gasteiger partial charge in [0.15, 0.2) is 0 Å². The van der Waals surface area contributed by atoms with E-state index in [1.165, 1.54) is 0 Å². The SMILES string of the molecule is O=C(NCC1CCCCO1)NC(CCO)C(=O)O. The highest BCUT2D eigenvalue weighted by Gasteiger charge is 2.20. The number of carbonyl (C=O) groups is 2. The van der Waals surface area contributed by atoms with Gasteiger partial charge in [-0.25, -0.2) is 9.59 Å². The summed E-state index contributed by atoms with van der Waals surface area (Å²) in [6.45, 7) is 0.788. The summed E-state index contributed by atoms with van der Waals surface area (Å²) in [7, 11) is 0. The van der Waals surface area contributed by atoms with Gasteiger partial charge < -0.3 is 25.6 Å². The van der Waals surface area contributed by atoms with Crippen molar-refractivity contribution in [3.05, 3.63) is 0 Å². The van der Waals surface area contributed by atoms with E-state index in [9.17, 15) is 9.59 Å². The van der Waals surface area contributed by atoms with Crippen molar-refractivity contribution in [2.24, 2.45) is 0 Å². The monoisotopic (exact) mass is 260 g/mol. The highest BCUT2D eigenvalue weighted by molar-refractivity contribution is 5.82. The number of amides is 2. The number of carboxylic acid groups (broad SMARTS) is 1. The maximum Gasteiger partial charge on any atom is 0.326 e. The number of carboxylic acids is 1. The fourth-order valence-corrected chi connectivity index (χ4v) is 1.77. The Hall–Kier alpha value is -1.34. The van der Waals surface area contributed by atoms with Crippen molar-refractivity contribution in [2.75, 3.05) is 19.8 Å². The van der Waals surface area contributed by atoms with Crippen molar-refractivity contribution >= 4 is 12.0 Å². The van der Waals surface area contributed by atoms with E-state index >= 15 is 0 Å². The number of aliphatic carboxylic acids is 1. The number of urea groups is 1. The van der Waals surface area contributed by atoms with Gasteiger partial charge in [-0.1, -0.05) is 0 Å². The van der Waals surface area contributed by atoms with Gasteiger partial charge in [0, 0.05) is 26.2 Å². The zero-order chi connectivity index (χ0) is 13.4. The molecule has 104 valence electrons. The zero-order valence-electron chi connectivity index (χ0n) is 10.2. The van der Waals surface area contributed by atoms with Crippen molar-refractivity contribution in [3.8, 4) is 0 Å². The molecule has 18 heavy (non-hydrogen) atoms. The molecule has 1 fully saturated rings. The van der Waals surface area contributed by atoms with E-state index in [4.69, 9.17) is 14.9 Å². The molecule has 0 radical (unpaired) electrons. The summed E-state index contributed by atoms with van der Waals surface area (Å²) >= 11 is 0. The first-order chi connectivity index (χ1) is 8.63. The Labute approximate surface area is 106 Å². The number of aliphatic hydroxyl groups is 1. The standard InChI is InChI=1S/C11H20N2O5/c14-5-4-9(10(15)16)13-11(17)12-7-8-3-1-2-6-18-8/h8-9,14H,1-7H2,(H,15,16)(H2,12,13,17). The van der Waals surface area contributed by atoms with Gasteiger partial charge >= 0.3 is 12.0 Å². The van der Waals surface area contributed by atoms with Crippen molar-refractivity contribution in [3.63, 3.8) is 0 Å². The number of ether oxygens (including phenoxy) is 1. The molecular weight excluding hydrogens is 240 g/mol. The van der Waals surface area contributed by atoms with Gasteiger partial charge in [-0.15, -0.1) is 0 Å². The van der Waals surface area contributed by atoms with Crippen molar-refractivity contribution in [1.29, 1.82) is 0 Å². The fraction of sp³-hybridized carbons (Fsp3) is 0.818. The van der Waals surface area contributed by atoms with E-state index < -0.39 is 18.0 Å². The molecule has 0 saturated carbocycles. The highest BCUT2D eigenvalue weighted by Crippen LogP contribution is 2.11. The van der Waals surface area contributed by atoms with E-state index in [1.54, 1.807) is 0 Å². The van der Waals surface area contributed by atoms with Gasteiger partial charge in [-0.3, -0.25) is 0 Å². The molecule has 0 spiro atoms. The summed E-state index contributed by atoms with van der Waals surface area (Å²) in [5.41, 5.74) is 0. The van der Waals surface area contributed by atoms with Crippen molar-refractivity contribution in [2.45, 2.75) is 37.8 Å². The van der Waals surface area contributed by atoms with E-state index in [0.717, 1.165) is 19.3 Å². The van der Waals surface area contributed by atoms with Gasteiger partial charge in [0.05, 0.1) is 6.10 Å². The lowest BCUT2D eigenvalue weighted by Gasteiger charge is -2.23. The lowest BCUT2D eigenvalue weighted by atomic mass is 10.1. The fourth-order valence-electron chi connectivity index (χ4n) is 1.77. The van der Waals surface area contributed by atoms with Crippen LogP contribution in [0.2, 0.25) is 0 Å². The second-order valence-electron chi connectivity index (χ2n) is 4.25. The van der Waals surface area contributed by atoms with Gasteiger partial charge in [0.1, 0.15) is 6.04 Å². The Morgan fingerprint density at radius 1 is 1.39 bits per heavy atom. The first-order valence-electron chi connectivity index (χ1n) is 6.13. The van der Waals surface area contributed by atoms with Crippen LogP contribution < -0.4 is 10.6 Å². The topological polar surface area (TPSA) is 108 Å². The molecule has 0 aromatic carbocycles. The molecule has 0 aromatic heterocycles. The van der Waals surface area contributed by atoms with E-state index in [1.807, 2.05) is 0 Å². The normalized spacial score (nSPS) is 21.1. The number of carbonyl (C=O) groups excluding carboxylic acids is 1. The van der Waals surface area contributed by atoms with Crippen LogP contribution >= 0.6 is 0 Å². The zero-order valence-corrected chi connectivity index (χ0v) is 10.2. The quantitative estimate of drug-likeness (QED) is 0.524. The minimum atomic E-state index is -1.16. The Balaban J connectivity index is 2.24. The maximum atomic E-state index is 11.5. The summed E-state index contributed by atoms with van der Waals surface area (Å²) in [4.78, 5) is 22.2. The minimum absolute atomic E-state index is 0.00520. The van der Waals surface area contributed by atoms with Crippen LogP contribution in [0, 0.1) is 0 Å². The highest BCUT2D eigenvalue weighted by atomic mass is 16.5. The second kappa shape index (κ2) is 7.88. The molecule has 2 unspecified atom stereocenters. The lowest BCUT2D eigenvalue weighted by molar-refractivity contribution is -0.139. The molecule has 7 heteroatoms. The predicted molar refractivity (Wildman–Crippen MR) is 63.3 cm³/mol. The van der Waals surface area contributed by atoms with Gasteiger partial charge in [0.25, 0.3) is 0 Å². The van der Waals surface area contributed by atoms with Gasteiger partial charge in [-0.05, 0) is 19.3 Å². The largest absolute Gasteiger partial charge is 0.480 e. The average Bonchev–Trinajstić information content (AvgIpc) is 2.37. The summed E-state index contributed by atoms with van der Waals surface area (Å²) in [6, 6.07) is -1.62. The van der Waals surface area contributed by atoms with Gasteiger partial charge in [-0.2, -0.15) is 0 Å². The Morgan fingerprint density at radius 3 is 2.72 bits per heavy atom. The third-order valence-corrected chi connectivity index (χ3v) is 2.79. The van der Waals surface area contributed by atoms with Crippen LogP contribution in [0.25, 0.3) is 0 Å². The number of rotatable bonds is 6. The maximum absolute atomic E-state index is 11.5. The molecule has 2 atom stereocenters.